The van der Waals surface area contributed by atoms with Crippen molar-refractivity contribution in [1.29, 1.82) is 0 Å². The lowest BCUT2D eigenvalue weighted by molar-refractivity contribution is 0.380. The number of hydrogen-bond donors (Lipinski definition) is 2. The smallest absolute Gasteiger partial charge is 0.194 e. The second-order valence-electron chi connectivity index (χ2n) is 6.67. The van der Waals surface area contributed by atoms with Gasteiger partial charge in [-0.2, -0.15) is 0 Å². The van der Waals surface area contributed by atoms with E-state index in [4.69, 9.17) is 23.2 Å². The zero-order chi connectivity index (χ0) is 22.2. The molecule has 0 amide bonds. The van der Waals surface area contributed by atoms with Crippen molar-refractivity contribution in [3.05, 3.63) is 69.2 Å². The number of aromatic nitrogens is 1. The van der Waals surface area contributed by atoms with E-state index in [-0.39, 0.29) is 10.6 Å². The summed E-state index contributed by atoms with van der Waals surface area (Å²) in [7, 11) is 1.28. The van der Waals surface area contributed by atoms with E-state index in [9.17, 15) is 8.78 Å². The number of benzene rings is 2. The Morgan fingerprint density at radius 1 is 1.13 bits per heavy atom. The maximum Gasteiger partial charge on any atom is 0.194 e. The van der Waals surface area contributed by atoms with Crippen molar-refractivity contribution >= 4 is 51.6 Å². The van der Waals surface area contributed by atoms with Crippen molar-refractivity contribution in [3.8, 4) is 5.75 Å². The van der Waals surface area contributed by atoms with Gasteiger partial charge in [0.1, 0.15) is 10.2 Å². The number of rotatable bonds is 5. The van der Waals surface area contributed by atoms with Crippen LogP contribution in [-0.2, 0) is 0 Å². The molecule has 31 heavy (non-hydrogen) atoms. The first kappa shape index (κ1) is 24.1. The summed E-state index contributed by atoms with van der Waals surface area (Å²) in [6, 6.07) is 10.3. The first-order valence-corrected chi connectivity index (χ1v) is 11.9. The molecule has 0 spiro atoms. The number of anilines is 1. The van der Waals surface area contributed by atoms with Crippen molar-refractivity contribution in [2.24, 2.45) is 0 Å². The van der Waals surface area contributed by atoms with Crippen molar-refractivity contribution in [2.45, 2.75) is 23.7 Å². The first-order valence-electron chi connectivity index (χ1n) is 9.49. The summed E-state index contributed by atoms with van der Waals surface area (Å²) in [5, 5.41) is 4.72. The summed E-state index contributed by atoms with van der Waals surface area (Å²) in [4.78, 5) is 4.04. The number of nitrogens with one attached hydrogen (secondary N) is 2. The number of piperidine rings is 1. The van der Waals surface area contributed by atoms with Crippen LogP contribution >= 0.6 is 46.5 Å². The van der Waals surface area contributed by atoms with Crippen LogP contribution < -0.4 is 14.8 Å². The van der Waals surface area contributed by atoms with Gasteiger partial charge in [-0.1, -0.05) is 46.7 Å². The molecule has 0 bridgehead atoms. The van der Waals surface area contributed by atoms with Crippen LogP contribution in [-0.4, -0.2) is 25.2 Å². The maximum atomic E-state index is 13.6. The summed E-state index contributed by atoms with van der Waals surface area (Å²) < 4.78 is 34.9. The van der Waals surface area contributed by atoms with E-state index in [1.165, 1.54) is 43.0 Å². The molecule has 1 aromatic heterocycles. The minimum atomic E-state index is -0.625. The highest BCUT2D eigenvalue weighted by Gasteiger charge is 2.14. The third-order valence-corrected chi connectivity index (χ3v) is 6.85. The van der Waals surface area contributed by atoms with Crippen molar-refractivity contribution in [1.82, 2.24) is 10.3 Å². The molecule has 1 aliphatic rings. The van der Waals surface area contributed by atoms with Crippen LogP contribution in [0.25, 0.3) is 0 Å². The van der Waals surface area contributed by atoms with Crippen LogP contribution in [0.2, 0.25) is 9.36 Å². The van der Waals surface area contributed by atoms with E-state index >= 15 is 0 Å². The number of hydrogen-bond acceptors (Lipinski definition) is 6. The van der Waals surface area contributed by atoms with Crippen molar-refractivity contribution in [3.63, 3.8) is 0 Å². The normalized spacial score (nSPS) is 14.0. The van der Waals surface area contributed by atoms with E-state index in [2.05, 4.69) is 31.9 Å². The number of halogens is 4. The van der Waals surface area contributed by atoms with Crippen LogP contribution in [0, 0.1) is 11.6 Å². The molecule has 1 aliphatic heterocycles. The summed E-state index contributed by atoms with van der Waals surface area (Å²) in [5.41, 5.74) is 1.44. The van der Waals surface area contributed by atoms with Gasteiger partial charge in [-0.05, 0) is 67.6 Å². The third kappa shape index (κ3) is 7.22. The van der Waals surface area contributed by atoms with Crippen LogP contribution in [0.3, 0.4) is 0 Å². The highest BCUT2D eigenvalue weighted by Crippen LogP contribution is 2.31. The Morgan fingerprint density at radius 3 is 2.45 bits per heavy atom. The van der Waals surface area contributed by atoms with Gasteiger partial charge in [0.25, 0.3) is 0 Å². The summed E-state index contributed by atoms with van der Waals surface area (Å²) in [6.45, 7) is 2.29. The summed E-state index contributed by atoms with van der Waals surface area (Å²) >= 11 is 13.7. The standard InChI is InChI=1S/C11H14ClN.C10H7ClF2N2OS2/c12-11-3-1-9(2-4-11)10-5-7-13-8-6-10;1-16-7-2-6(13)8(3-5(7)12)18-15-10-14-4-9(11)17-10/h1-4,10,13H,5-8H2;2-4H,1H3,(H,14,15). The molecule has 4 rings (SSSR count). The molecule has 0 saturated carbocycles. The fraction of sp³-hybridized carbons (Fsp3) is 0.286. The van der Waals surface area contributed by atoms with E-state index in [0.717, 1.165) is 48.1 Å². The highest BCUT2D eigenvalue weighted by atomic mass is 35.5. The topological polar surface area (TPSA) is 46.2 Å². The molecule has 1 fully saturated rings. The quantitative estimate of drug-likeness (QED) is 0.366. The zero-order valence-corrected chi connectivity index (χ0v) is 19.8. The average Bonchev–Trinajstić information content (AvgIpc) is 3.20. The van der Waals surface area contributed by atoms with Crippen LogP contribution in [0.4, 0.5) is 13.9 Å². The lowest BCUT2D eigenvalue weighted by atomic mass is 9.90. The first-order chi connectivity index (χ1) is 15.0. The van der Waals surface area contributed by atoms with Gasteiger partial charge in [0.05, 0.1) is 18.2 Å². The lowest BCUT2D eigenvalue weighted by Gasteiger charge is -2.22. The predicted octanol–water partition coefficient (Wildman–Crippen LogP) is 7.01. The van der Waals surface area contributed by atoms with Crippen molar-refractivity contribution < 1.29 is 13.5 Å². The van der Waals surface area contributed by atoms with Gasteiger partial charge < -0.3 is 14.8 Å². The Morgan fingerprint density at radius 2 is 1.84 bits per heavy atom. The predicted molar refractivity (Wildman–Crippen MR) is 126 cm³/mol. The van der Waals surface area contributed by atoms with Gasteiger partial charge in [0.15, 0.2) is 16.7 Å². The lowest BCUT2D eigenvalue weighted by Crippen LogP contribution is -2.26. The Labute approximate surface area is 198 Å². The van der Waals surface area contributed by atoms with Crippen LogP contribution in [0.1, 0.15) is 24.3 Å². The second-order valence-corrected chi connectivity index (χ2v) is 9.61. The SMILES string of the molecule is COc1cc(F)c(SNc2ncc(Cl)s2)cc1F.Clc1ccc(C2CCNCC2)cc1. The van der Waals surface area contributed by atoms with Crippen molar-refractivity contribution in [2.75, 3.05) is 24.9 Å². The molecular weight excluding hydrogens is 483 g/mol. The molecule has 0 atom stereocenters. The molecule has 4 nitrogen and oxygen atoms in total. The van der Waals surface area contributed by atoms with Gasteiger partial charge in [-0.15, -0.1) is 0 Å². The zero-order valence-electron chi connectivity index (χ0n) is 16.6. The summed E-state index contributed by atoms with van der Waals surface area (Å²) in [6.07, 6.45) is 3.98. The molecule has 10 heteroatoms. The fourth-order valence-corrected chi connectivity index (χ4v) is 4.69. The minimum absolute atomic E-state index is 0.111. The van der Waals surface area contributed by atoms with Gasteiger partial charge in [0.2, 0.25) is 0 Å². The number of methoxy groups -OCH3 is 1. The molecule has 1 saturated heterocycles. The van der Waals surface area contributed by atoms with Gasteiger partial charge >= 0.3 is 0 Å². The van der Waals surface area contributed by atoms with E-state index in [0.29, 0.717) is 9.47 Å². The van der Waals surface area contributed by atoms with Gasteiger partial charge in [-0.25, -0.2) is 13.8 Å². The summed E-state index contributed by atoms with van der Waals surface area (Å²) in [5.74, 6) is -0.596. The Bertz CT molecular complexity index is 983. The van der Waals surface area contributed by atoms with E-state index in [1.807, 2.05) is 12.1 Å². The number of nitrogens with zero attached hydrogens (tertiary/aromatic N) is 1. The minimum Gasteiger partial charge on any atom is -0.494 e. The molecule has 166 valence electrons. The fourth-order valence-electron chi connectivity index (χ4n) is 3.04. The Kier molecular flexibility index (Phi) is 9.22. The molecule has 0 radical (unpaired) electrons. The second kappa shape index (κ2) is 11.9. The maximum absolute atomic E-state index is 13.6. The monoisotopic (exact) mass is 503 g/mol. The molecule has 2 aromatic carbocycles. The number of thiazole rings is 1. The third-order valence-electron chi connectivity index (χ3n) is 4.61. The molecular formula is C21H21Cl2F2N3OS2. The molecule has 3 aromatic rings. The van der Waals surface area contributed by atoms with Gasteiger partial charge in [-0.3, -0.25) is 0 Å². The van der Waals surface area contributed by atoms with Gasteiger partial charge in [0, 0.05) is 11.1 Å². The molecule has 2 N–H and O–H groups in total. The molecule has 0 aliphatic carbocycles. The largest absolute Gasteiger partial charge is 0.494 e. The molecule has 0 unspecified atom stereocenters. The van der Waals surface area contributed by atoms with Crippen LogP contribution in [0.5, 0.6) is 5.75 Å². The van der Waals surface area contributed by atoms with E-state index in [1.54, 1.807) is 0 Å². The average molecular weight is 504 g/mol. The Hall–Kier alpha value is -1.58. The molecule has 2 heterocycles. The highest BCUT2D eigenvalue weighted by molar-refractivity contribution is 8.00. The van der Waals surface area contributed by atoms with Crippen LogP contribution in [0.15, 0.2) is 47.5 Å². The number of ether oxygens (including phenoxy) is 1. The Balaban J connectivity index is 0.000000185. The van der Waals surface area contributed by atoms with E-state index < -0.39 is 11.6 Å².